The number of nitrogens with one attached hydrogen (secondary N) is 1. The van der Waals surface area contributed by atoms with Gasteiger partial charge in [0, 0.05) is 42.0 Å². The van der Waals surface area contributed by atoms with Gasteiger partial charge in [-0.05, 0) is 54.0 Å². The number of nitriles is 1. The molecule has 2 N–H and O–H groups in total. The Balaban J connectivity index is 1.22. The summed E-state index contributed by atoms with van der Waals surface area (Å²) in [7, 11) is 0. The largest absolute Gasteiger partial charge is 0.444 e. The van der Waals surface area contributed by atoms with E-state index in [-0.39, 0.29) is 5.41 Å². The van der Waals surface area contributed by atoms with Gasteiger partial charge in [-0.1, -0.05) is 0 Å². The van der Waals surface area contributed by atoms with Gasteiger partial charge in [-0.15, -0.1) is 0 Å². The number of fused-ring (bicyclic) bond motifs is 2. The van der Waals surface area contributed by atoms with E-state index in [4.69, 9.17) is 9.68 Å². The van der Waals surface area contributed by atoms with Crippen molar-refractivity contribution in [1.82, 2.24) is 9.88 Å². The molecular formula is C20H23BrN4O2. The summed E-state index contributed by atoms with van der Waals surface area (Å²) < 4.78 is 6.30. The minimum absolute atomic E-state index is 0.242. The molecule has 2 saturated carbocycles. The molecule has 2 atom stereocenters. The van der Waals surface area contributed by atoms with E-state index in [1.54, 1.807) is 12.3 Å². The summed E-state index contributed by atoms with van der Waals surface area (Å²) in [6.07, 6.45) is 7.53. The molecule has 1 aliphatic heterocycles. The number of aliphatic hydroxyl groups excluding tert-OH is 1. The van der Waals surface area contributed by atoms with Gasteiger partial charge in [0.1, 0.15) is 11.9 Å². The smallest absolute Gasteiger partial charge is 0.204 e. The number of rotatable bonds is 4. The van der Waals surface area contributed by atoms with Gasteiger partial charge in [0.25, 0.3) is 0 Å². The van der Waals surface area contributed by atoms with Crippen LogP contribution in [0.2, 0.25) is 0 Å². The van der Waals surface area contributed by atoms with Crippen molar-refractivity contribution < 1.29 is 9.52 Å². The highest BCUT2D eigenvalue weighted by Gasteiger charge is 2.60. The van der Waals surface area contributed by atoms with Crippen molar-refractivity contribution in [2.45, 2.75) is 44.2 Å². The highest BCUT2D eigenvalue weighted by atomic mass is 79.9. The van der Waals surface area contributed by atoms with Crippen molar-refractivity contribution >= 4 is 32.7 Å². The third-order valence-corrected chi connectivity index (χ3v) is 7.63. The molecule has 6 nitrogen and oxygen atoms in total. The molecule has 2 aromatic heterocycles. The molecule has 2 unspecified atom stereocenters. The minimum atomic E-state index is 0.242. The summed E-state index contributed by atoms with van der Waals surface area (Å²) in [5.41, 5.74) is 0.865. The van der Waals surface area contributed by atoms with E-state index < -0.39 is 0 Å². The zero-order valence-electron chi connectivity index (χ0n) is 15.1. The Morgan fingerprint density at radius 3 is 2.93 bits per heavy atom. The zero-order chi connectivity index (χ0) is 18.6. The number of aromatic nitrogens is 1. The van der Waals surface area contributed by atoms with Gasteiger partial charge in [0.2, 0.25) is 5.76 Å². The lowest BCUT2D eigenvalue weighted by atomic mass is 9.90. The van der Waals surface area contributed by atoms with E-state index in [1.807, 2.05) is 6.07 Å². The van der Waals surface area contributed by atoms with Gasteiger partial charge in [0.15, 0.2) is 5.58 Å². The molecule has 3 heterocycles. The fourth-order valence-corrected chi connectivity index (χ4v) is 5.60. The molecule has 0 aromatic carbocycles. The standard InChI is InChI=1S/C20H23BrN4O2/c21-18-16-5-15(7-22)27-17(16)8-23-19(18)24-13-1-3-14(4-2-13)25-9-12-6-20(12,10-25)11-26/h5,8,12-14,26H,1-4,6,9-11H2,(H,23,24). The van der Waals surface area contributed by atoms with Gasteiger partial charge in [-0.25, -0.2) is 4.98 Å². The van der Waals surface area contributed by atoms with Gasteiger partial charge in [-0.3, -0.25) is 4.90 Å². The van der Waals surface area contributed by atoms with Crippen molar-refractivity contribution in [1.29, 1.82) is 5.26 Å². The Labute approximate surface area is 166 Å². The summed E-state index contributed by atoms with van der Waals surface area (Å²) in [5.74, 6) is 1.85. The van der Waals surface area contributed by atoms with Crippen molar-refractivity contribution in [3.8, 4) is 6.07 Å². The van der Waals surface area contributed by atoms with E-state index >= 15 is 0 Å². The predicted molar refractivity (Wildman–Crippen MR) is 105 cm³/mol. The fraction of sp³-hybridized carbons (Fsp3) is 0.600. The van der Waals surface area contributed by atoms with Crippen LogP contribution in [0.1, 0.15) is 37.9 Å². The van der Waals surface area contributed by atoms with Crippen LogP contribution in [-0.4, -0.2) is 46.8 Å². The first-order valence-electron chi connectivity index (χ1n) is 9.71. The predicted octanol–water partition coefficient (Wildman–Crippen LogP) is 3.50. The lowest BCUT2D eigenvalue weighted by Gasteiger charge is -2.36. The number of likely N-dealkylation sites (tertiary alicyclic amines) is 1. The van der Waals surface area contributed by atoms with Crippen LogP contribution in [-0.2, 0) is 0 Å². The number of furan rings is 1. The van der Waals surface area contributed by atoms with Crippen molar-refractivity contribution in [2.24, 2.45) is 11.3 Å². The molecule has 142 valence electrons. The van der Waals surface area contributed by atoms with Gasteiger partial charge < -0.3 is 14.8 Å². The van der Waals surface area contributed by atoms with Gasteiger partial charge >= 0.3 is 0 Å². The lowest BCUT2D eigenvalue weighted by molar-refractivity contribution is 0.136. The fourth-order valence-electron chi connectivity index (χ4n) is 5.07. The second-order valence-corrected chi connectivity index (χ2v) is 9.21. The second kappa shape index (κ2) is 6.47. The third kappa shape index (κ3) is 2.95. The number of hydrogen-bond donors (Lipinski definition) is 2. The molecule has 0 bridgehead atoms. The Bertz CT molecular complexity index is 911. The molecule has 2 aliphatic carbocycles. The maximum Gasteiger partial charge on any atom is 0.204 e. The second-order valence-electron chi connectivity index (χ2n) is 8.42. The number of nitrogens with zero attached hydrogens (tertiary/aromatic N) is 3. The number of piperidine rings is 1. The summed E-state index contributed by atoms with van der Waals surface area (Å²) in [4.78, 5) is 7.10. The molecular weight excluding hydrogens is 408 g/mol. The summed E-state index contributed by atoms with van der Waals surface area (Å²) in [6, 6.07) is 4.85. The average Bonchev–Trinajstić information content (AvgIpc) is 3.05. The number of anilines is 1. The van der Waals surface area contributed by atoms with E-state index in [9.17, 15) is 5.11 Å². The van der Waals surface area contributed by atoms with Crippen LogP contribution in [0.25, 0.3) is 11.0 Å². The Morgan fingerprint density at radius 2 is 2.22 bits per heavy atom. The molecule has 0 radical (unpaired) electrons. The summed E-state index contributed by atoms with van der Waals surface area (Å²) in [5, 5.41) is 23.1. The molecule has 5 rings (SSSR count). The van der Waals surface area contributed by atoms with Crippen molar-refractivity contribution in [3.63, 3.8) is 0 Å². The Morgan fingerprint density at radius 1 is 1.41 bits per heavy atom. The van der Waals surface area contributed by atoms with Crippen molar-refractivity contribution in [3.05, 3.63) is 22.5 Å². The highest BCUT2D eigenvalue weighted by molar-refractivity contribution is 9.10. The lowest BCUT2D eigenvalue weighted by Crippen LogP contribution is -2.41. The topological polar surface area (TPSA) is 85.3 Å². The van der Waals surface area contributed by atoms with Crippen LogP contribution in [0.5, 0.6) is 0 Å². The van der Waals surface area contributed by atoms with Crippen LogP contribution in [0.3, 0.4) is 0 Å². The SMILES string of the molecule is N#Cc1cc2c(Br)c(NC3CCC(N4CC5CC5(CO)C4)CC3)ncc2o1. The monoisotopic (exact) mass is 430 g/mol. The molecule has 7 heteroatoms. The third-order valence-electron chi connectivity index (χ3n) is 6.83. The van der Waals surface area contributed by atoms with Crippen LogP contribution < -0.4 is 5.32 Å². The zero-order valence-corrected chi connectivity index (χ0v) is 16.7. The van der Waals surface area contributed by atoms with E-state index in [1.165, 1.54) is 25.8 Å². The number of pyridine rings is 1. The number of hydrogen-bond acceptors (Lipinski definition) is 6. The Hall–Kier alpha value is -1.62. The molecule has 3 aliphatic rings. The van der Waals surface area contributed by atoms with Crippen molar-refractivity contribution in [2.75, 3.05) is 25.0 Å². The first-order chi connectivity index (χ1) is 13.1. The average molecular weight is 431 g/mol. The molecule has 0 amide bonds. The first-order valence-corrected chi connectivity index (χ1v) is 10.5. The van der Waals surface area contributed by atoms with Gasteiger partial charge in [-0.2, -0.15) is 5.26 Å². The van der Waals surface area contributed by atoms with E-state index in [0.717, 1.165) is 41.0 Å². The molecule has 1 saturated heterocycles. The maximum atomic E-state index is 9.64. The number of aliphatic hydroxyl groups is 1. The quantitative estimate of drug-likeness (QED) is 0.771. The van der Waals surface area contributed by atoms with Crippen LogP contribution >= 0.6 is 15.9 Å². The van der Waals surface area contributed by atoms with E-state index in [0.29, 0.717) is 30.0 Å². The Kier molecular flexibility index (Phi) is 4.19. The normalized spacial score (nSPS) is 33.0. The first kappa shape index (κ1) is 17.5. The minimum Gasteiger partial charge on any atom is -0.444 e. The summed E-state index contributed by atoms with van der Waals surface area (Å²) in [6.45, 7) is 2.62. The molecule has 0 spiro atoms. The molecule has 3 fully saturated rings. The number of halogens is 1. The van der Waals surface area contributed by atoms with E-state index in [2.05, 4.69) is 31.1 Å². The molecule has 2 aromatic rings. The highest BCUT2D eigenvalue weighted by Crippen LogP contribution is 2.58. The van der Waals surface area contributed by atoms with Gasteiger partial charge in [0.05, 0.1) is 17.3 Å². The van der Waals surface area contributed by atoms with Crippen LogP contribution in [0.15, 0.2) is 21.2 Å². The molecule has 27 heavy (non-hydrogen) atoms. The maximum absolute atomic E-state index is 9.64. The summed E-state index contributed by atoms with van der Waals surface area (Å²) >= 11 is 3.62. The van der Waals surface area contributed by atoms with Crippen LogP contribution in [0.4, 0.5) is 5.82 Å². The van der Waals surface area contributed by atoms with Crippen LogP contribution in [0, 0.1) is 22.7 Å².